The molecule has 0 radical (unpaired) electrons. The van der Waals surface area contributed by atoms with Crippen LogP contribution in [0.5, 0.6) is 5.88 Å². The molecule has 1 aromatic carbocycles. The fourth-order valence-corrected chi connectivity index (χ4v) is 3.17. The van der Waals surface area contributed by atoms with E-state index < -0.39 is 0 Å². The van der Waals surface area contributed by atoms with Gasteiger partial charge in [-0.15, -0.1) is 0 Å². The Labute approximate surface area is 158 Å². The average molecular weight is 376 g/mol. The van der Waals surface area contributed by atoms with Crippen molar-refractivity contribution in [2.75, 3.05) is 33.4 Å². The summed E-state index contributed by atoms with van der Waals surface area (Å²) in [5.74, 6) is 0.529. The lowest BCUT2D eigenvalue weighted by Crippen LogP contribution is -2.49. The molecule has 1 aliphatic heterocycles. The molecule has 0 aliphatic carbocycles. The largest absolute Gasteiger partial charge is 0.481 e. The van der Waals surface area contributed by atoms with Crippen molar-refractivity contribution in [3.05, 3.63) is 58.7 Å². The van der Waals surface area contributed by atoms with E-state index in [1.54, 1.807) is 19.4 Å². The highest BCUT2D eigenvalue weighted by molar-refractivity contribution is 6.31. The molecule has 1 atom stereocenters. The Kier molecular flexibility index (Phi) is 6.44. The Morgan fingerprint density at radius 1 is 1.35 bits per heavy atom. The first-order valence-electron chi connectivity index (χ1n) is 8.49. The van der Waals surface area contributed by atoms with Gasteiger partial charge >= 0.3 is 0 Å². The second kappa shape index (κ2) is 8.98. The first-order valence-corrected chi connectivity index (χ1v) is 8.87. The summed E-state index contributed by atoms with van der Waals surface area (Å²) in [6.07, 6.45) is 1.68. The van der Waals surface area contributed by atoms with E-state index >= 15 is 0 Å². The SMILES string of the molecule is COc1ccc(COCC(=O)N2CCNC(c3ccccc3Cl)C2)cn1. The molecule has 6 nitrogen and oxygen atoms in total. The third-order valence-corrected chi connectivity index (χ3v) is 4.65. The summed E-state index contributed by atoms with van der Waals surface area (Å²) in [7, 11) is 1.57. The second-order valence-electron chi connectivity index (χ2n) is 6.07. The van der Waals surface area contributed by atoms with Gasteiger partial charge in [0.25, 0.3) is 0 Å². The summed E-state index contributed by atoms with van der Waals surface area (Å²) in [5, 5.41) is 4.13. The van der Waals surface area contributed by atoms with Crippen LogP contribution in [0.15, 0.2) is 42.6 Å². The number of carbonyl (C=O) groups is 1. The summed E-state index contributed by atoms with van der Waals surface area (Å²) in [5.41, 5.74) is 1.91. The monoisotopic (exact) mass is 375 g/mol. The fourth-order valence-electron chi connectivity index (χ4n) is 2.91. The van der Waals surface area contributed by atoms with E-state index in [-0.39, 0.29) is 18.6 Å². The van der Waals surface area contributed by atoms with Crippen LogP contribution in [0.3, 0.4) is 0 Å². The summed E-state index contributed by atoms with van der Waals surface area (Å²) >= 11 is 6.27. The first kappa shape index (κ1) is 18.6. The van der Waals surface area contributed by atoms with Crippen molar-refractivity contribution in [2.24, 2.45) is 0 Å². The van der Waals surface area contributed by atoms with Crippen molar-refractivity contribution >= 4 is 17.5 Å². The van der Waals surface area contributed by atoms with Gasteiger partial charge in [-0.3, -0.25) is 4.79 Å². The average Bonchev–Trinajstić information content (AvgIpc) is 2.69. The van der Waals surface area contributed by atoms with Crippen molar-refractivity contribution in [1.82, 2.24) is 15.2 Å². The van der Waals surface area contributed by atoms with Crippen LogP contribution < -0.4 is 10.1 Å². The number of ether oxygens (including phenoxy) is 2. The minimum Gasteiger partial charge on any atom is -0.481 e. The lowest BCUT2D eigenvalue weighted by molar-refractivity contribution is -0.137. The number of hydrogen-bond acceptors (Lipinski definition) is 5. The Bertz CT molecular complexity index is 739. The normalized spacial score (nSPS) is 17.2. The number of pyridine rings is 1. The van der Waals surface area contributed by atoms with E-state index in [1.165, 1.54) is 0 Å². The van der Waals surface area contributed by atoms with Gasteiger partial charge in [0.2, 0.25) is 11.8 Å². The zero-order chi connectivity index (χ0) is 18.4. The Morgan fingerprint density at radius 3 is 2.92 bits per heavy atom. The van der Waals surface area contributed by atoms with E-state index in [0.29, 0.717) is 30.6 Å². The van der Waals surface area contributed by atoms with Crippen molar-refractivity contribution in [1.29, 1.82) is 0 Å². The van der Waals surface area contributed by atoms with Crippen molar-refractivity contribution in [3.8, 4) is 5.88 Å². The van der Waals surface area contributed by atoms with Gasteiger partial charge in [-0.25, -0.2) is 4.98 Å². The van der Waals surface area contributed by atoms with Crippen molar-refractivity contribution in [2.45, 2.75) is 12.6 Å². The zero-order valence-corrected chi connectivity index (χ0v) is 15.4. The lowest BCUT2D eigenvalue weighted by atomic mass is 10.0. The van der Waals surface area contributed by atoms with Gasteiger partial charge in [-0.2, -0.15) is 0 Å². The maximum Gasteiger partial charge on any atom is 0.248 e. The predicted molar refractivity (Wildman–Crippen MR) is 99.2 cm³/mol. The van der Waals surface area contributed by atoms with Crippen LogP contribution in [0.1, 0.15) is 17.2 Å². The third kappa shape index (κ3) is 4.72. The molecule has 0 bridgehead atoms. The number of piperazine rings is 1. The van der Waals surface area contributed by atoms with Crippen LogP contribution in [-0.4, -0.2) is 49.1 Å². The van der Waals surface area contributed by atoms with Crippen LogP contribution in [0.25, 0.3) is 0 Å². The first-order chi connectivity index (χ1) is 12.7. The van der Waals surface area contributed by atoms with Gasteiger partial charge in [0.05, 0.1) is 19.8 Å². The third-order valence-electron chi connectivity index (χ3n) is 4.31. The van der Waals surface area contributed by atoms with Gasteiger partial charge in [-0.05, 0) is 23.3 Å². The number of hydrogen-bond donors (Lipinski definition) is 1. The van der Waals surface area contributed by atoms with Gasteiger partial charge in [0.1, 0.15) is 6.61 Å². The minimum atomic E-state index is -0.0231. The summed E-state index contributed by atoms with van der Waals surface area (Å²) in [6, 6.07) is 11.4. The van der Waals surface area contributed by atoms with E-state index in [9.17, 15) is 4.79 Å². The van der Waals surface area contributed by atoms with Crippen molar-refractivity contribution < 1.29 is 14.3 Å². The van der Waals surface area contributed by atoms with Crippen LogP contribution in [0.4, 0.5) is 0 Å². The number of aromatic nitrogens is 1. The quantitative estimate of drug-likeness (QED) is 0.840. The number of amides is 1. The molecular formula is C19H22ClN3O3. The maximum atomic E-state index is 12.5. The van der Waals surface area contributed by atoms with Crippen LogP contribution >= 0.6 is 11.6 Å². The highest BCUT2D eigenvalue weighted by atomic mass is 35.5. The molecule has 138 valence electrons. The Balaban J connectivity index is 1.50. The van der Waals surface area contributed by atoms with Gasteiger partial charge in [0, 0.05) is 36.9 Å². The van der Waals surface area contributed by atoms with Crippen LogP contribution in [0, 0.1) is 0 Å². The standard InChI is InChI=1S/C19H22ClN3O3/c1-25-18-7-6-14(10-22-18)12-26-13-19(24)23-9-8-21-17(11-23)15-4-2-3-5-16(15)20/h2-7,10,17,21H,8-9,11-13H2,1H3. The molecule has 7 heteroatoms. The smallest absolute Gasteiger partial charge is 0.248 e. The predicted octanol–water partition coefficient (Wildman–Crippen LogP) is 2.43. The lowest BCUT2D eigenvalue weighted by Gasteiger charge is -2.34. The number of benzene rings is 1. The molecule has 2 aromatic rings. The van der Waals surface area contributed by atoms with E-state index in [4.69, 9.17) is 21.1 Å². The van der Waals surface area contributed by atoms with Crippen molar-refractivity contribution in [3.63, 3.8) is 0 Å². The number of rotatable bonds is 6. The second-order valence-corrected chi connectivity index (χ2v) is 6.48. The van der Waals surface area contributed by atoms with E-state index in [0.717, 1.165) is 17.7 Å². The highest BCUT2D eigenvalue weighted by Crippen LogP contribution is 2.24. The molecule has 2 heterocycles. The molecule has 1 fully saturated rings. The molecule has 3 rings (SSSR count). The molecule has 0 spiro atoms. The number of carbonyl (C=O) groups excluding carboxylic acids is 1. The van der Waals surface area contributed by atoms with Crippen LogP contribution in [0.2, 0.25) is 5.02 Å². The highest BCUT2D eigenvalue weighted by Gasteiger charge is 2.25. The Morgan fingerprint density at radius 2 is 2.19 bits per heavy atom. The molecule has 1 N–H and O–H groups in total. The molecule has 26 heavy (non-hydrogen) atoms. The minimum absolute atomic E-state index is 0.0231. The molecule has 1 amide bonds. The van der Waals surface area contributed by atoms with E-state index in [1.807, 2.05) is 35.2 Å². The van der Waals surface area contributed by atoms with Gasteiger partial charge in [-0.1, -0.05) is 29.8 Å². The molecule has 1 saturated heterocycles. The fraction of sp³-hybridized carbons (Fsp3) is 0.368. The number of nitrogens with one attached hydrogen (secondary N) is 1. The molecular weight excluding hydrogens is 354 g/mol. The molecule has 1 unspecified atom stereocenters. The zero-order valence-electron chi connectivity index (χ0n) is 14.7. The summed E-state index contributed by atoms with van der Waals surface area (Å²) < 4.78 is 10.6. The van der Waals surface area contributed by atoms with E-state index in [2.05, 4.69) is 10.3 Å². The molecule has 1 aromatic heterocycles. The number of halogens is 1. The maximum absolute atomic E-state index is 12.5. The van der Waals surface area contributed by atoms with Gasteiger partial charge in [0.15, 0.2) is 0 Å². The topological polar surface area (TPSA) is 63.7 Å². The molecule has 0 saturated carbocycles. The Hall–Kier alpha value is -2.15. The number of methoxy groups -OCH3 is 1. The van der Waals surface area contributed by atoms with Crippen LogP contribution in [-0.2, 0) is 16.1 Å². The van der Waals surface area contributed by atoms with Gasteiger partial charge < -0.3 is 19.7 Å². The number of nitrogens with zero attached hydrogens (tertiary/aromatic N) is 2. The molecule has 1 aliphatic rings. The summed E-state index contributed by atoms with van der Waals surface area (Å²) in [4.78, 5) is 18.4. The summed E-state index contributed by atoms with van der Waals surface area (Å²) in [6.45, 7) is 2.34.